The highest BCUT2D eigenvalue weighted by molar-refractivity contribution is 6.00. The number of carbonyl (C=O) groups is 1. The Kier molecular flexibility index (Phi) is 4.42. The van der Waals surface area contributed by atoms with Gasteiger partial charge in [-0.05, 0) is 34.9 Å². The van der Waals surface area contributed by atoms with Gasteiger partial charge >= 0.3 is 0 Å². The number of carbonyl (C=O) groups excluding carboxylic acids is 1. The van der Waals surface area contributed by atoms with Crippen LogP contribution in [0.3, 0.4) is 0 Å². The van der Waals surface area contributed by atoms with Gasteiger partial charge in [0, 0.05) is 18.8 Å². The Hall–Kier alpha value is -3.47. The minimum atomic E-state index is -0.272. The molecule has 1 aliphatic rings. The van der Waals surface area contributed by atoms with Crippen LogP contribution in [0.1, 0.15) is 27.0 Å². The molecule has 3 aromatic rings. The highest BCUT2D eigenvalue weighted by Gasteiger charge is 2.29. The third-order valence-electron chi connectivity index (χ3n) is 4.76. The van der Waals surface area contributed by atoms with Crippen LogP contribution < -0.4 is 10.5 Å². The second kappa shape index (κ2) is 7.03. The minimum absolute atomic E-state index is 0.0884. The third kappa shape index (κ3) is 3.31. The molecule has 136 valence electrons. The number of rotatable bonds is 4. The predicted molar refractivity (Wildman–Crippen MR) is 103 cm³/mol. The van der Waals surface area contributed by atoms with E-state index in [0.29, 0.717) is 31.1 Å². The summed E-state index contributed by atoms with van der Waals surface area (Å²) in [6.07, 6.45) is 0. The van der Waals surface area contributed by atoms with E-state index in [1.165, 1.54) is 6.07 Å². The maximum absolute atomic E-state index is 13.1. The molecule has 1 amide bonds. The Morgan fingerprint density at radius 1 is 1.00 bits per heavy atom. The van der Waals surface area contributed by atoms with Gasteiger partial charge in [-0.3, -0.25) is 4.79 Å². The number of phenolic OH excluding ortho intramolecular Hbond substituents is 1. The first-order valence-corrected chi connectivity index (χ1v) is 8.77. The van der Waals surface area contributed by atoms with Gasteiger partial charge in [0.25, 0.3) is 5.91 Å². The SMILES string of the molecule is Nc1cccc2c1CN(C(=O)c1c(O)cccc1OCc1ccccc1)C2. The lowest BCUT2D eigenvalue weighted by Gasteiger charge is -2.19. The molecule has 1 heterocycles. The smallest absolute Gasteiger partial charge is 0.262 e. The van der Waals surface area contributed by atoms with Crippen molar-refractivity contribution in [1.29, 1.82) is 0 Å². The quantitative estimate of drug-likeness (QED) is 0.696. The van der Waals surface area contributed by atoms with Crippen LogP contribution in [-0.4, -0.2) is 15.9 Å². The number of phenols is 1. The van der Waals surface area contributed by atoms with Gasteiger partial charge in [-0.25, -0.2) is 0 Å². The van der Waals surface area contributed by atoms with Gasteiger partial charge < -0.3 is 20.5 Å². The Morgan fingerprint density at radius 3 is 2.56 bits per heavy atom. The fourth-order valence-corrected chi connectivity index (χ4v) is 3.34. The average molecular weight is 360 g/mol. The molecule has 5 heteroatoms. The Balaban J connectivity index is 1.58. The van der Waals surface area contributed by atoms with E-state index in [1.54, 1.807) is 17.0 Å². The Labute approximate surface area is 157 Å². The fraction of sp³-hybridized carbons (Fsp3) is 0.136. The van der Waals surface area contributed by atoms with Gasteiger partial charge in [0.15, 0.2) is 0 Å². The number of amides is 1. The number of nitrogen functional groups attached to an aromatic ring is 1. The van der Waals surface area contributed by atoms with Gasteiger partial charge in [0.1, 0.15) is 23.7 Å². The molecule has 5 nitrogen and oxygen atoms in total. The summed E-state index contributed by atoms with van der Waals surface area (Å²) in [5.74, 6) is 0.00836. The minimum Gasteiger partial charge on any atom is -0.507 e. The lowest BCUT2D eigenvalue weighted by atomic mass is 10.1. The van der Waals surface area contributed by atoms with Crippen LogP contribution >= 0.6 is 0 Å². The molecule has 0 atom stereocenters. The topological polar surface area (TPSA) is 75.8 Å². The Morgan fingerprint density at radius 2 is 1.78 bits per heavy atom. The van der Waals surface area contributed by atoms with Crippen molar-refractivity contribution in [2.45, 2.75) is 19.7 Å². The van der Waals surface area contributed by atoms with Gasteiger partial charge in [0.05, 0.1) is 0 Å². The van der Waals surface area contributed by atoms with E-state index in [4.69, 9.17) is 10.5 Å². The second-order valence-corrected chi connectivity index (χ2v) is 6.57. The van der Waals surface area contributed by atoms with Crippen LogP contribution in [0.5, 0.6) is 11.5 Å². The maximum atomic E-state index is 13.1. The molecular weight excluding hydrogens is 340 g/mol. The molecule has 0 unspecified atom stereocenters. The molecule has 0 radical (unpaired) electrons. The van der Waals surface area contributed by atoms with Crippen molar-refractivity contribution in [3.05, 3.63) is 89.0 Å². The van der Waals surface area contributed by atoms with Crippen molar-refractivity contribution in [3.63, 3.8) is 0 Å². The fourth-order valence-electron chi connectivity index (χ4n) is 3.34. The number of benzene rings is 3. The number of nitrogens with two attached hydrogens (primary N) is 1. The molecule has 0 saturated heterocycles. The van der Waals surface area contributed by atoms with E-state index in [0.717, 1.165) is 16.7 Å². The van der Waals surface area contributed by atoms with Crippen LogP contribution in [0.15, 0.2) is 66.7 Å². The molecule has 0 bridgehead atoms. The molecule has 4 rings (SSSR count). The molecule has 27 heavy (non-hydrogen) atoms. The van der Waals surface area contributed by atoms with Gasteiger partial charge in [0.2, 0.25) is 0 Å². The maximum Gasteiger partial charge on any atom is 0.262 e. The number of hydrogen-bond donors (Lipinski definition) is 2. The van der Waals surface area contributed by atoms with Crippen molar-refractivity contribution < 1.29 is 14.6 Å². The van der Waals surface area contributed by atoms with Crippen molar-refractivity contribution in [2.75, 3.05) is 5.73 Å². The summed E-state index contributed by atoms with van der Waals surface area (Å²) in [6.45, 7) is 1.21. The van der Waals surface area contributed by atoms with Crippen LogP contribution in [0.25, 0.3) is 0 Å². The largest absolute Gasteiger partial charge is 0.507 e. The zero-order valence-electron chi connectivity index (χ0n) is 14.8. The predicted octanol–water partition coefficient (Wildman–Crippen LogP) is 3.71. The molecule has 0 fully saturated rings. The zero-order chi connectivity index (χ0) is 18.8. The molecule has 1 aliphatic heterocycles. The van der Waals surface area contributed by atoms with E-state index >= 15 is 0 Å². The van der Waals surface area contributed by atoms with E-state index in [9.17, 15) is 9.90 Å². The van der Waals surface area contributed by atoms with Gasteiger partial charge in [-0.1, -0.05) is 48.5 Å². The highest BCUT2D eigenvalue weighted by Crippen LogP contribution is 2.34. The summed E-state index contributed by atoms with van der Waals surface area (Å²) in [7, 11) is 0. The number of anilines is 1. The number of hydrogen-bond acceptors (Lipinski definition) is 4. The molecule has 0 spiro atoms. The summed E-state index contributed by atoms with van der Waals surface area (Å²) in [4.78, 5) is 14.8. The second-order valence-electron chi connectivity index (χ2n) is 6.57. The molecule has 3 aromatic carbocycles. The van der Waals surface area contributed by atoms with Crippen molar-refractivity contribution >= 4 is 11.6 Å². The lowest BCUT2D eigenvalue weighted by Crippen LogP contribution is -2.26. The van der Waals surface area contributed by atoms with E-state index in [2.05, 4.69) is 0 Å². The van der Waals surface area contributed by atoms with Crippen LogP contribution in [0.2, 0.25) is 0 Å². The molecule has 3 N–H and O–H groups in total. The summed E-state index contributed by atoms with van der Waals surface area (Å²) in [6, 6.07) is 20.3. The first kappa shape index (κ1) is 17.0. The normalized spacial score (nSPS) is 12.7. The van der Waals surface area contributed by atoms with E-state index in [-0.39, 0.29) is 17.2 Å². The molecule has 0 aromatic heterocycles. The molecule has 0 saturated carbocycles. The summed E-state index contributed by atoms with van der Waals surface area (Å²) in [5, 5.41) is 10.3. The zero-order valence-corrected chi connectivity index (χ0v) is 14.8. The van der Waals surface area contributed by atoms with Crippen molar-refractivity contribution in [3.8, 4) is 11.5 Å². The highest BCUT2D eigenvalue weighted by atomic mass is 16.5. The molecule has 0 aliphatic carbocycles. The summed E-state index contributed by atoms with van der Waals surface area (Å²) >= 11 is 0. The standard InChI is InChI=1S/C22H20N2O3/c23-18-9-4-8-16-12-24(13-17(16)18)22(26)21-19(25)10-5-11-20(21)27-14-15-6-2-1-3-7-15/h1-11,25H,12-14,23H2. The number of aromatic hydroxyl groups is 1. The van der Waals surface area contributed by atoms with Gasteiger partial charge in [-0.2, -0.15) is 0 Å². The summed E-state index contributed by atoms with van der Waals surface area (Å²) < 4.78 is 5.85. The Bertz CT molecular complexity index is 986. The monoisotopic (exact) mass is 360 g/mol. The first-order valence-electron chi connectivity index (χ1n) is 8.77. The van der Waals surface area contributed by atoms with Crippen LogP contribution in [0.4, 0.5) is 5.69 Å². The van der Waals surface area contributed by atoms with Crippen molar-refractivity contribution in [1.82, 2.24) is 4.90 Å². The number of ether oxygens (including phenoxy) is 1. The van der Waals surface area contributed by atoms with E-state index in [1.807, 2.05) is 48.5 Å². The summed E-state index contributed by atoms with van der Waals surface area (Å²) in [5.41, 5.74) is 9.88. The lowest BCUT2D eigenvalue weighted by molar-refractivity contribution is 0.0743. The number of fused-ring (bicyclic) bond motifs is 1. The molecular formula is C22H20N2O3. The van der Waals surface area contributed by atoms with Crippen molar-refractivity contribution in [2.24, 2.45) is 0 Å². The van der Waals surface area contributed by atoms with E-state index < -0.39 is 0 Å². The van der Waals surface area contributed by atoms with Crippen LogP contribution in [-0.2, 0) is 19.7 Å². The third-order valence-corrected chi connectivity index (χ3v) is 4.76. The van der Waals surface area contributed by atoms with Gasteiger partial charge in [-0.15, -0.1) is 0 Å². The number of nitrogens with zero attached hydrogens (tertiary/aromatic N) is 1. The first-order chi connectivity index (χ1) is 13.1. The van der Waals surface area contributed by atoms with Crippen LogP contribution in [0, 0.1) is 0 Å². The average Bonchev–Trinajstić information content (AvgIpc) is 3.12.